The smallest absolute Gasteiger partial charge is 0.247 e. The molecule has 434 valence electrons. The highest BCUT2D eigenvalue weighted by molar-refractivity contribution is 6.99. The zero-order valence-corrected chi connectivity index (χ0v) is 51.4. The Hall–Kier alpha value is -10.1. The number of fused-ring (bicyclic) bond motifs is 16. The molecule has 0 fully saturated rings. The van der Waals surface area contributed by atoms with E-state index in [4.69, 9.17) is 7.48 Å². The fourth-order valence-corrected chi connectivity index (χ4v) is 14.6. The monoisotopic (exact) mass is 1180 g/mol. The van der Waals surface area contributed by atoms with Gasteiger partial charge >= 0.3 is 0 Å². The molecule has 0 aliphatic carbocycles. The summed E-state index contributed by atoms with van der Waals surface area (Å²) in [5.41, 5.74) is 12.0. The van der Waals surface area contributed by atoms with Gasteiger partial charge in [0.25, 0.3) is 0 Å². The van der Waals surface area contributed by atoms with Crippen LogP contribution in [0.5, 0.6) is 11.5 Å². The third kappa shape index (κ3) is 7.94. The third-order valence-electron chi connectivity index (χ3n) is 19.0. The lowest BCUT2D eigenvalue weighted by molar-refractivity contribution is 0.435. The van der Waals surface area contributed by atoms with Gasteiger partial charge in [-0.2, -0.15) is 0 Å². The second-order valence-corrected chi connectivity index (χ2v) is 27.3. The summed E-state index contributed by atoms with van der Waals surface area (Å²) in [7, 11) is 0. The summed E-state index contributed by atoms with van der Waals surface area (Å²) in [5.74, 6) is 1.12. The highest BCUT2D eigenvalue weighted by Gasteiger charge is 2.55. The largest absolute Gasteiger partial charge is 0.457 e. The van der Waals surface area contributed by atoms with Crippen LogP contribution in [0.2, 0.25) is 0 Å². The molecule has 14 aromatic rings. The SMILES string of the molecule is [2H]c1c([2H])c([2H])c2c(c1[2H])c1c([2H])c([2H])c([2H])c([2H])c1n2-c1ccc2c(c1)N(c1ccc(C(C)(C)C)cc1-c1ccccc1)c1cc(-n3c4c([2H])c([2H])c([2H])c([2H])c4c4c([2H])c([2H])c([2H])c([2H])c43)cc3c1B2c1ccc(-c2cc(C(C)(C)C)cc(C(C)(C)C)c2)cc1C31c2ccccc2Oc2ccccc21. The molecule has 3 aliphatic rings. The molecule has 0 N–H and O–H groups in total. The third-order valence-corrected chi connectivity index (χ3v) is 19.0. The van der Waals surface area contributed by atoms with Gasteiger partial charge in [-0.3, -0.25) is 0 Å². The van der Waals surface area contributed by atoms with Crippen LogP contribution in [-0.4, -0.2) is 15.8 Å². The number of hydrogen-bond acceptors (Lipinski definition) is 2. The fraction of sp³-hybridized carbons (Fsp3) is 0.153. The van der Waals surface area contributed by atoms with E-state index in [-0.39, 0.29) is 65.8 Å². The summed E-state index contributed by atoms with van der Waals surface area (Å²) < 4.78 is 162. The van der Waals surface area contributed by atoms with Crippen molar-refractivity contribution in [1.29, 1.82) is 0 Å². The van der Waals surface area contributed by atoms with Gasteiger partial charge in [0.1, 0.15) is 11.5 Å². The van der Waals surface area contributed by atoms with E-state index in [1.54, 1.807) is 4.57 Å². The van der Waals surface area contributed by atoms with Crippen molar-refractivity contribution >= 4 is 83.8 Å². The van der Waals surface area contributed by atoms with Crippen LogP contribution in [0.1, 0.15) is 123 Å². The first-order chi connectivity index (χ1) is 50.2. The molecule has 5 heterocycles. The van der Waals surface area contributed by atoms with E-state index < -0.39 is 114 Å². The highest BCUT2D eigenvalue weighted by atomic mass is 16.5. The van der Waals surface area contributed by atoms with Crippen LogP contribution in [0.25, 0.3) is 77.2 Å². The molecule has 0 saturated carbocycles. The summed E-state index contributed by atoms with van der Waals surface area (Å²) >= 11 is 0. The predicted octanol–water partition coefficient (Wildman–Crippen LogP) is 20.2. The molecule has 17 rings (SSSR count). The Morgan fingerprint density at radius 3 is 1.42 bits per heavy atom. The van der Waals surface area contributed by atoms with Crippen molar-refractivity contribution in [3.63, 3.8) is 0 Å². The number of nitrogens with zero attached hydrogens (tertiary/aromatic N) is 3. The number of para-hydroxylation sites is 6. The Morgan fingerprint density at radius 1 is 0.367 bits per heavy atom. The average Bonchev–Trinajstić information content (AvgIpc) is 0.716. The van der Waals surface area contributed by atoms with Gasteiger partial charge in [0.2, 0.25) is 6.71 Å². The number of rotatable bonds is 5. The second-order valence-electron chi connectivity index (χ2n) is 27.3. The van der Waals surface area contributed by atoms with Crippen molar-refractivity contribution in [2.75, 3.05) is 4.90 Å². The van der Waals surface area contributed by atoms with Crippen LogP contribution in [0.3, 0.4) is 0 Å². The first-order valence-electron chi connectivity index (χ1n) is 38.7. The fourth-order valence-electron chi connectivity index (χ4n) is 14.6. The van der Waals surface area contributed by atoms with Gasteiger partial charge in [-0.25, -0.2) is 0 Å². The second kappa shape index (κ2) is 19.5. The van der Waals surface area contributed by atoms with Crippen LogP contribution in [0.4, 0.5) is 17.1 Å². The van der Waals surface area contributed by atoms with Crippen LogP contribution >= 0.6 is 0 Å². The molecule has 0 atom stereocenters. The van der Waals surface area contributed by atoms with E-state index in [9.17, 15) is 19.2 Å². The summed E-state index contributed by atoms with van der Waals surface area (Å²) in [4.78, 5) is 2.15. The van der Waals surface area contributed by atoms with Gasteiger partial charge in [-0.05, 0) is 144 Å². The summed E-state index contributed by atoms with van der Waals surface area (Å²) in [6, 6.07) is 47.1. The molecule has 0 unspecified atom stereocenters. The van der Waals surface area contributed by atoms with Gasteiger partial charge in [-0.1, -0.05) is 256 Å². The minimum Gasteiger partial charge on any atom is -0.457 e. The predicted molar refractivity (Wildman–Crippen MR) is 380 cm³/mol. The minimum atomic E-state index is -1.38. The summed E-state index contributed by atoms with van der Waals surface area (Å²) in [6.07, 6.45) is 0. The molecule has 1 spiro atoms. The molecule has 5 heteroatoms. The molecule has 12 aromatic carbocycles. The average molecular weight is 1180 g/mol. The molecule has 0 saturated heterocycles. The standard InChI is InChI=1S/C85H70BN3O/c1-82(2,3)56-40-44-76(65(49-56)53-25-11-10-12-26-53)89-77-51-59(87-72-33-19-13-27-61(72)62-28-14-20-34-73(62)87)41-43-71(77)86-70-42-39-54(55-45-57(83(4,5)6)48-58(46-55)84(7,8)9)47-68(70)85(66-31-17-23-37-79(66)90-80-38-24-18-32-67(80)85)69-50-60(52-78(89)81(69)86)88-74-35-21-15-29-63(74)64-30-16-22-36-75(64)88/h10-52H,1-9H3/i13D,14D,15D,16D,19D,20D,21D,22D,27D,28D,29D,30D,33D,34D,35D,36D. The number of anilines is 3. The van der Waals surface area contributed by atoms with Gasteiger partial charge in [0.15, 0.2) is 0 Å². The molecular formula is C85H70BN3O. The van der Waals surface area contributed by atoms with Gasteiger partial charge < -0.3 is 18.8 Å². The van der Waals surface area contributed by atoms with E-state index in [2.05, 4.69) is 134 Å². The maximum atomic E-state index is 10.0. The minimum absolute atomic E-state index is 0.0697. The van der Waals surface area contributed by atoms with Gasteiger partial charge in [0.05, 0.1) is 55.1 Å². The van der Waals surface area contributed by atoms with Crippen LogP contribution in [0.15, 0.2) is 260 Å². The van der Waals surface area contributed by atoms with Crippen molar-refractivity contribution in [2.24, 2.45) is 0 Å². The topological polar surface area (TPSA) is 22.3 Å². The van der Waals surface area contributed by atoms with E-state index in [1.807, 2.05) is 97.1 Å². The molecule has 0 bridgehead atoms. The van der Waals surface area contributed by atoms with Gasteiger partial charge in [0, 0.05) is 61.0 Å². The Balaban J connectivity index is 1.13. The van der Waals surface area contributed by atoms with Crippen LogP contribution < -0.4 is 26.0 Å². The van der Waals surface area contributed by atoms with E-state index >= 15 is 0 Å². The normalized spacial score (nSPS) is 16.5. The Morgan fingerprint density at radius 2 is 0.867 bits per heavy atom. The maximum Gasteiger partial charge on any atom is 0.247 e. The lowest BCUT2D eigenvalue weighted by atomic mass is 9.29. The Bertz CT molecular complexity index is 6070. The Kier molecular flexibility index (Phi) is 8.59. The first kappa shape index (κ1) is 39.7. The maximum absolute atomic E-state index is 10.0. The summed E-state index contributed by atoms with van der Waals surface area (Å²) in [6.45, 7) is 19.0. The van der Waals surface area contributed by atoms with Crippen molar-refractivity contribution < 1.29 is 26.7 Å². The first-order valence-corrected chi connectivity index (χ1v) is 30.7. The number of hydrogen-bond donors (Lipinski definition) is 0. The van der Waals surface area contributed by atoms with E-state index in [0.717, 1.165) is 72.0 Å². The number of ether oxygens (including phenoxy) is 1. The lowest BCUT2D eigenvalue weighted by Crippen LogP contribution is -2.65. The molecule has 3 aliphatic heterocycles. The molecule has 90 heavy (non-hydrogen) atoms. The number of aromatic nitrogens is 2. The molecule has 0 amide bonds. The van der Waals surface area contributed by atoms with Crippen molar-refractivity contribution in [3.8, 4) is 45.1 Å². The summed E-state index contributed by atoms with van der Waals surface area (Å²) in [5, 5.41) is -0.381. The van der Waals surface area contributed by atoms with Crippen molar-refractivity contribution in [2.45, 2.75) is 84.0 Å². The molecular weight excluding hydrogens is 1090 g/mol. The lowest BCUT2D eigenvalue weighted by Gasteiger charge is -2.50. The van der Waals surface area contributed by atoms with Crippen molar-refractivity contribution in [1.82, 2.24) is 9.13 Å². The number of benzene rings is 12. The van der Waals surface area contributed by atoms with E-state index in [1.165, 1.54) is 4.57 Å². The molecule has 4 nitrogen and oxygen atoms in total. The van der Waals surface area contributed by atoms with E-state index in [0.29, 0.717) is 34.1 Å². The van der Waals surface area contributed by atoms with Crippen molar-refractivity contribution in [3.05, 3.63) is 299 Å². The highest BCUT2D eigenvalue weighted by Crippen LogP contribution is 2.59. The van der Waals surface area contributed by atoms with Crippen LogP contribution in [0, 0.1) is 0 Å². The molecule has 0 radical (unpaired) electrons. The Labute approximate surface area is 550 Å². The van der Waals surface area contributed by atoms with Crippen LogP contribution in [-0.2, 0) is 21.7 Å². The zero-order valence-electron chi connectivity index (χ0n) is 67.4. The quantitative estimate of drug-likeness (QED) is 0.160. The zero-order chi connectivity index (χ0) is 75.1. The molecule has 2 aromatic heterocycles. The van der Waals surface area contributed by atoms with Gasteiger partial charge in [-0.15, -0.1) is 0 Å².